The molecular weight excluding hydrogens is 413 g/mol. The van der Waals surface area contributed by atoms with E-state index in [4.69, 9.17) is 0 Å². The van der Waals surface area contributed by atoms with Gasteiger partial charge in [-0.15, -0.1) is 5.69 Å². The maximum Gasteiger partial charge on any atom is 1.00 e. The normalized spacial score (nSPS) is 14.2. The van der Waals surface area contributed by atoms with Gasteiger partial charge in [-0.25, -0.2) is 26.4 Å². The van der Waals surface area contributed by atoms with Crippen LogP contribution >= 0.6 is 0 Å². The summed E-state index contributed by atoms with van der Waals surface area (Å²) in [7, 11) is -9.30. The van der Waals surface area contributed by atoms with Gasteiger partial charge in [0.15, 0.2) is 0 Å². The summed E-state index contributed by atoms with van der Waals surface area (Å²) >= 11 is 0. The minimum absolute atomic E-state index is 0. The van der Waals surface area contributed by atoms with Crippen LogP contribution < -0.4 is 51.4 Å². The number of hydrogen-bond acceptors (Lipinski definition) is 6. The fourth-order valence-corrected chi connectivity index (χ4v) is 5.94. The van der Waals surface area contributed by atoms with Crippen molar-refractivity contribution in [3.63, 3.8) is 0 Å². The number of carbonyl (C=O) groups is 2. The Balaban J connectivity index is 0.00000243. The number of carboxylic acids is 2. The zero-order valence-corrected chi connectivity index (χ0v) is 17.8. The van der Waals surface area contributed by atoms with Crippen molar-refractivity contribution in [3.05, 3.63) is 52.2 Å². The molecule has 26 heavy (non-hydrogen) atoms. The Kier molecular flexibility index (Phi) is 5.69. The van der Waals surface area contributed by atoms with E-state index < -0.39 is 58.4 Å². The summed E-state index contributed by atoms with van der Waals surface area (Å²) in [6.45, 7) is 0. The zero-order valence-electron chi connectivity index (χ0n) is 13.1. The van der Waals surface area contributed by atoms with Gasteiger partial charge < -0.3 is 14.9 Å². The minimum Gasteiger partial charge on any atom is -0.572 e. The van der Waals surface area contributed by atoms with E-state index in [0.29, 0.717) is 6.07 Å². The molecule has 130 valence electrons. The quantitative estimate of drug-likeness (QED) is 0.572. The molecule has 0 fully saturated rings. The Morgan fingerprint density at radius 2 is 1.58 bits per heavy atom. The van der Waals surface area contributed by atoms with Crippen LogP contribution in [0.25, 0.3) is 4.72 Å². The van der Waals surface area contributed by atoms with E-state index in [2.05, 4.69) is 4.72 Å². The van der Waals surface area contributed by atoms with Crippen molar-refractivity contribution in [3.8, 4) is 0 Å². The van der Waals surface area contributed by atoms with Crippen molar-refractivity contribution in [1.82, 2.24) is 0 Å². The van der Waals surface area contributed by atoms with Crippen molar-refractivity contribution in [2.45, 2.75) is 14.7 Å². The molecule has 0 amide bonds. The Morgan fingerprint density at radius 1 is 1.00 bits per heavy atom. The summed E-state index contributed by atoms with van der Waals surface area (Å²) in [5, 5.41) is 18.5. The molecule has 0 aromatic heterocycles. The van der Waals surface area contributed by atoms with Crippen LogP contribution in [0.5, 0.6) is 0 Å². The number of sulfone groups is 1. The third-order valence-corrected chi connectivity index (χ3v) is 6.80. The molecule has 0 atom stereocenters. The maximum atomic E-state index is 12.9. The summed E-state index contributed by atoms with van der Waals surface area (Å²) in [5.41, 5.74) is -2.34. The first kappa shape index (κ1) is 21.0. The zero-order chi connectivity index (χ0) is 18.6. The second-order valence-electron chi connectivity index (χ2n) is 4.97. The van der Waals surface area contributed by atoms with E-state index >= 15 is 0 Å². The van der Waals surface area contributed by atoms with Crippen LogP contribution in [-0.4, -0.2) is 39.0 Å². The molecule has 0 spiro atoms. The monoisotopic (exact) mass is 421 g/mol. The largest absolute Gasteiger partial charge is 1.00 e. The van der Waals surface area contributed by atoms with E-state index in [9.17, 15) is 36.6 Å². The van der Waals surface area contributed by atoms with Crippen LogP contribution in [0.1, 0.15) is 20.7 Å². The molecule has 2 aromatic rings. The third kappa shape index (κ3) is 3.22. The molecule has 0 saturated heterocycles. The number of nitrogens with zero attached hydrogens (tertiary/aromatic N) is 1. The van der Waals surface area contributed by atoms with Gasteiger partial charge in [-0.2, -0.15) is 0 Å². The van der Waals surface area contributed by atoms with Crippen molar-refractivity contribution in [1.29, 1.82) is 0 Å². The van der Waals surface area contributed by atoms with Gasteiger partial charge in [-0.3, -0.25) is 0 Å². The van der Waals surface area contributed by atoms with Gasteiger partial charge in [-0.1, -0.05) is 24.3 Å². The van der Waals surface area contributed by atoms with Gasteiger partial charge in [0.1, 0.15) is 14.9 Å². The van der Waals surface area contributed by atoms with E-state index in [0.717, 1.165) is 12.1 Å². The van der Waals surface area contributed by atoms with Gasteiger partial charge in [0, 0.05) is 0 Å². The number of sulfonamides is 1. The topological polar surface area (TPSA) is 157 Å². The molecule has 0 unspecified atom stereocenters. The molecule has 2 aromatic carbocycles. The van der Waals surface area contributed by atoms with Crippen molar-refractivity contribution >= 4 is 37.5 Å². The SMILES string of the molecule is O=C(O)c1cc2c(C(=O)O)c(c1S(=O)(=O)c1ccccc1)S(=O)(=O)[N-]2.[K+]. The standard InChI is InChI=1S/C14H8NO8S2.K/c16-13(17)8-6-9-10(14(18)19)12(25(22,23)15-9)11(8)24(20,21)7-4-2-1-3-5-7;/h1-6H,(H,16,17)(H,18,19);/q-1;+1. The number of carboxylic acid groups (broad SMARTS) is 2. The Labute approximate surface area is 190 Å². The van der Waals surface area contributed by atoms with Gasteiger partial charge in [0.2, 0.25) is 9.84 Å². The summed E-state index contributed by atoms with van der Waals surface area (Å²) in [6, 6.07) is 7.14. The molecular formula is C14H8KNO8S2. The molecule has 3 rings (SSSR count). The summed E-state index contributed by atoms with van der Waals surface area (Å²) in [5.74, 6) is -3.45. The molecule has 1 aliphatic rings. The molecule has 0 saturated carbocycles. The summed E-state index contributed by atoms with van der Waals surface area (Å²) < 4.78 is 53.3. The second kappa shape index (κ2) is 7.03. The smallest absolute Gasteiger partial charge is 0.572 e. The minimum atomic E-state index is -4.67. The fraction of sp³-hybridized carbons (Fsp3) is 0. The predicted octanol–water partition coefficient (Wildman–Crippen LogP) is -1.37. The van der Waals surface area contributed by atoms with Crippen molar-refractivity contribution in [2.75, 3.05) is 0 Å². The predicted molar refractivity (Wildman–Crippen MR) is 82.5 cm³/mol. The molecule has 2 bridgehead atoms. The number of aromatic carboxylic acids is 2. The van der Waals surface area contributed by atoms with Crippen molar-refractivity contribution in [2.24, 2.45) is 0 Å². The Hall–Kier alpha value is -1.28. The number of hydrogen-bond donors (Lipinski definition) is 2. The molecule has 1 heterocycles. The molecule has 9 nitrogen and oxygen atoms in total. The molecule has 2 N–H and O–H groups in total. The van der Waals surface area contributed by atoms with Crippen LogP contribution in [0.4, 0.5) is 5.69 Å². The fourth-order valence-electron chi connectivity index (χ4n) is 2.47. The molecule has 1 aliphatic heterocycles. The van der Waals surface area contributed by atoms with Crippen molar-refractivity contribution < 1.29 is 88.0 Å². The van der Waals surface area contributed by atoms with Crippen LogP contribution in [-0.2, 0) is 19.9 Å². The Morgan fingerprint density at radius 3 is 2.08 bits per heavy atom. The molecule has 0 radical (unpaired) electrons. The first-order valence-electron chi connectivity index (χ1n) is 6.53. The van der Waals surface area contributed by atoms with Gasteiger partial charge in [0.25, 0.3) is 0 Å². The van der Waals surface area contributed by atoms with Crippen LogP contribution in [0.15, 0.2) is 51.1 Å². The van der Waals surface area contributed by atoms with Crippen LogP contribution in [0, 0.1) is 0 Å². The summed E-state index contributed by atoms with van der Waals surface area (Å²) in [6.07, 6.45) is 0. The number of rotatable bonds is 4. The first-order valence-corrected chi connectivity index (χ1v) is 9.45. The summed E-state index contributed by atoms with van der Waals surface area (Å²) in [4.78, 5) is 20.3. The molecule has 12 heteroatoms. The van der Waals surface area contributed by atoms with E-state index in [1.54, 1.807) is 0 Å². The first-order chi connectivity index (χ1) is 11.6. The Bertz CT molecular complexity index is 1140. The van der Waals surface area contributed by atoms with Crippen LogP contribution in [0.2, 0.25) is 0 Å². The second-order valence-corrected chi connectivity index (χ2v) is 8.40. The van der Waals surface area contributed by atoms with Gasteiger partial charge >= 0.3 is 63.3 Å². The average molecular weight is 421 g/mol. The number of benzene rings is 2. The average Bonchev–Trinajstić information content (AvgIpc) is 2.71. The third-order valence-electron chi connectivity index (χ3n) is 3.46. The van der Waals surface area contributed by atoms with E-state index in [1.807, 2.05) is 0 Å². The van der Waals surface area contributed by atoms with Gasteiger partial charge in [-0.05, 0) is 12.1 Å². The van der Waals surface area contributed by atoms with Crippen LogP contribution in [0.3, 0.4) is 0 Å². The van der Waals surface area contributed by atoms with E-state index in [1.165, 1.54) is 18.2 Å². The molecule has 0 aliphatic carbocycles. The number of fused-ring (bicyclic) bond motifs is 2. The van der Waals surface area contributed by atoms with Gasteiger partial charge in [0.05, 0.1) is 20.9 Å². The maximum absolute atomic E-state index is 12.9. The van der Waals surface area contributed by atoms with E-state index in [-0.39, 0.29) is 56.3 Å².